The minimum Gasteiger partial charge on any atom is -0.303 e. The first kappa shape index (κ1) is 26.0. The van der Waals surface area contributed by atoms with Crippen LogP contribution in [0.5, 0.6) is 0 Å². The maximum Gasteiger partial charge on any atom is 0.365 e. The van der Waals surface area contributed by atoms with Crippen LogP contribution < -0.4 is 10.2 Å². The number of unbranched alkanes of at least 4 members (excludes halogenated alkanes) is 2. The minimum atomic E-state index is 0.0273. The Kier molecular flexibility index (Phi) is 8.16. The maximum atomic E-state index is 13.3. The number of rotatable bonds is 11. The van der Waals surface area contributed by atoms with Crippen LogP contribution >= 0.6 is 0 Å². The van der Waals surface area contributed by atoms with Crippen LogP contribution in [0.4, 0.5) is 0 Å². The van der Waals surface area contributed by atoms with Crippen molar-refractivity contribution in [1.29, 1.82) is 0 Å². The average molecular weight is 523 g/mol. The van der Waals surface area contributed by atoms with Crippen molar-refractivity contribution in [2.45, 2.75) is 45.6 Å². The average Bonchev–Trinajstić information content (AvgIpc) is 3.63. The highest BCUT2D eigenvalue weighted by atomic mass is 16.2. The van der Waals surface area contributed by atoms with Crippen LogP contribution in [0.15, 0.2) is 72.8 Å². The lowest BCUT2D eigenvalue weighted by atomic mass is 9.98. The van der Waals surface area contributed by atoms with Crippen LogP contribution in [-0.4, -0.2) is 48.9 Å². The number of H-pyrrole nitrogens is 2. The summed E-state index contributed by atoms with van der Waals surface area (Å²) in [6.07, 6.45) is 4.03. The molecule has 2 aromatic heterocycles. The molecule has 0 saturated carbocycles. The number of imidazole rings is 1. The summed E-state index contributed by atoms with van der Waals surface area (Å²) in [4.78, 5) is 27.6. The number of hydrogen-bond acceptors (Lipinski definition) is 5. The minimum absolute atomic E-state index is 0.0273. The van der Waals surface area contributed by atoms with Crippen molar-refractivity contribution in [3.05, 3.63) is 84.0 Å². The van der Waals surface area contributed by atoms with E-state index in [0.29, 0.717) is 38.2 Å². The second-order valence-corrected chi connectivity index (χ2v) is 9.50. The first-order valence-electron chi connectivity index (χ1n) is 13.4. The number of carbonyl (C=O) groups is 2. The van der Waals surface area contributed by atoms with Gasteiger partial charge in [-0.25, -0.2) is 19.2 Å². The summed E-state index contributed by atoms with van der Waals surface area (Å²) in [5.41, 5.74) is 6.91. The SMILES string of the molecule is CCCC[N+](C(=O)CCCC=O)=c1[nH]c2ccccc2n1Cc1ccc(-c2ccccc2-c2nnn[nH]2)cc1. The Morgan fingerprint density at radius 1 is 0.974 bits per heavy atom. The molecule has 0 fully saturated rings. The number of tetrazole rings is 1. The first-order chi connectivity index (χ1) is 19.2. The zero-order valence-electron chi connectivity index (χ0n) is 22.0. The van der Waals surface area contributed by atoms with E-state index in [-0.39, 0.29) is 5.91 Å². The molecule has 0 atom stereocenters. The highest BCUT2D eigenvalue weighted by molar-refractivity contribution is 5.81. The fourth-order valence-corrected chi connectivity index (χ4v) is 4.81. The molecule has 2 N–H and O–H groups in total. The monoisotopic (exact) mass is 522 g/mol. The molecule has 5 rings (SSSR count). The van der Waals surface area contributed by atoms with E-state index < -0.39 is 0 Å². The van der Waals surface area contributed by atoms with Crippen LogP contribution in [-0.2, 0) is 16.1 Å². The number of aromatic amines is 2. The molecule has 3 aromatic carbocycles. The summed E-state index contributed by atoms with van der Waals surface area (Å²) >= 11 is 0. The van der Waals surface area contributed by atoms with Crippen molar-refractivity contribution in [1.82, 2.24) is 34.8 Å². The molecule has 0 aliphatic carbocycles. The van der Waals surface area contributed by atoms with Gasteiger partial charge in [-0.3, -0.25) is 4.79 Å². The standard InChI is InChI=1S/C30H31N7O2/c1-2-3-19-36(28(39)14-8-9-20-38)30-31-26-12-6-7-13-27(26)37(30)21-22-15-17-23(18-16-22)24-10-4-5-11-25(24)29-32-34-35-33-29/h4-7,10-13,15-18,20H,2-3,8-9,14,19,21H2,1H3,(H,32,33,34,35)/p+1. The number of nitrogens with one attached hydrogen (secondary N) is 2. The highest BCUT2D eigenvalue weighted by Gasteiger charge is 2.20. The molecule has 5 aromatic rings. The summed E-state index contributed by atoms with van der Waals surface area (Å²) in [5, 5.41) is 14.4. The molecule has 198 valence electrons. The second-order valence-electron chi connectivity index (χ2n) is 9.50. The Hall–Kier alpha value is -4.66. The van der Waals surface area contributed by atoms with Crippen LogP contribution in [0.3, 0.4) is 0 Å². The first-order valence-corrected chi connectivity index (χ1v) is 13.4. The second kappa shape index (κ2) is 12.3. The van der Waals surface area contributed by atoms with Crippen LogP contribution in [0, 0.1) is 0 Å². The number of fused-ring (bicyclic) bond motifs is 1. The lowest BCUT2D eigenvalue weighted by Gasteiger charge is -2.09. The predicted molar refractivity (Wildman–Crippen MR) is 150 cm³/mol. The maximum absolute atomic E-state index is 13.3. The van der Waals surface area contributed by atoms with E-state index >= 15 is 0 Å². The molecule has 39 heavy (non-hydrogen) atoms. The van der Waals surface area contributed by atoms with Crippen molar-refractivity contribution < 1.29 is 9.59 Å². The van der Waals surface area contributed by atoms with Crippen molar-refractivity contribution in [2.75, 3.05) is 6.54 Å². The van der Waals surface area contributed by atoms with Gasteiger partial charge in [0.1, 0.15) is 17.3 Å². The van der Waals surface area contributed by atoms with Gasteiger partial charge in [-0.05, 0) is 52.1 Å². The van der Waals surface area contributed by atoms with Gasteiger partial charge in [0.25, 0.3) is 5.91 Å². The van der Waals surface area contributed by atoms with Crippen molar-refractivity contribution in [3.63, 3.8) is 0 Å². The third kappa shape index (κ3) is 5.77. The Morgan fingerprint density at radius 3 is 2.49 bits per heavy atom. The molecule has 9 nitrogen and oxygen atoms in total. The van der Waals surface area contributed by atoms with Gasteiger partial charge in [0.05, 0.1) is 13.1 Å². The molecule has 2 heterocycles. The molecule has 1 amide bonds. The van der Waals surface area contributed by atoms with Crippen molar-refractivity contribution >= 4 is 23.2 Å². The van der Waals surface area contributed by atoms with Crippen molar-refractivity contribution in [2.24, 2.45) is 0 Å². The predicted octanol–water partition coefficient (Wildman–Crippen LogP) is 4.33. The molecule has 0 bridgehead atoms. The smallest absolute Gasteiger partial charge is 0.303 e. The van der Waals surface area contributed by atoms with Gasteiger partial charge in [0, 0.05) is 18.4 Å². The lowest BCUT2D eigenvalue weighted by molar-refractivity contribution is -0.123. The fourth-order valence-electron chi connectivity index (χ4n) is 4.81. The molecule has 0 aliphatic heterocycles. The molecule has 0 unspecified atom stereocenters. The number of para-hydroxylation sites is 2. The summed E-state index contributed by atoms with van der Waals surface area (Å²) in [6, 6.07) is 24.6. The number of aldehydes is 1. The number of hydrogen-bond donors (Lipinski definition) is 2. The van der Waals surface area contributed by atoms with Crippen LogP contribution in [0.2, 0.25) is 0 Å². The van der Waals surface area contributed by atoms with E-state index in [9.17, 15) is 9.59 Å². The zero-order chi connectivity index (χ0) is 27.0. The third-order valence-electron chi connectivity index (χ3n) is 6.83. The summed E-state index contributed by atoms with van der Waals surface area (Å²) in [7, 11) is 0. The number of nitrogens with zero attached hydrogens (tertiary/aromatic N) is 5. The molecule has 0 aliphatic rings. The van der Waals surface area contributed by atoms with Gasteiger partial charge >= 0.3 is 5.62 Å². The Labute approximate surface area is 226 Å². The van der Waals surface area contributed by atoms with Gasteiger partial charge in [0.2, 0.25) is 0 Å². The van der Waals surface area contributed by atoms with Gasteiger partial charge < -0.3 is 4.79 Å². The molecule has 9 heteroatoms. The van der Waals surface area contributed by atoms with Gasteiger partial charge in [-0.15, -0.1) is 5.10 Å². The van der Waals surface area contributed by atoms with E-state index in [0.717, 1.165) is 58.0 Å². The van der Waals surface area contributed by atoms with Gasteiger partial charge in [0.15, 0.2) is 5.82 Å². The Balaban J connectivity index is 1.53. The molecule has 0 saturated heterocycles. The summed E-state index contributed by atoms with van der Waals surface area (Å²) in [6.45, 7) is 3.33. The topological polar surface area (TPSA) is 112 Å². The molecule has 0 spiro atoms. The van der Waals surface area contributed by atoms with Crippen LogP contribution in [0.25, 0.3) is 33.5 Å². The number of amides is 1. The van der Waals surface area contributed by atoms with E-state index in [4.69, 9.17) is 0 Å². The van der Waals surface area contributed by atoms with E-state index in [2.05, 4.69) is 73.5 Å². The summed E-state index contributed by atoms with van der Waals surface area (Å²) in [5.74, 6) is 0.651. The normalized spacial score (nSPS) is 12.0. The quantitative estimate of drug-likeness (QED) is 0.152. The largest absolute Gasteiger partial charge is 0.365 e. The number of carbonyl (C=O) groups excluding carboxylic acids is 2. The van der Waals surface area contributed by atoms with Gasteiger partial charge in [-0.2, -0.15) is 0 Å². The third-order valence-corrected chi connectivity index (χ3v) is 6.83. The van der Waals surface area contributed by atoms with E-state index in [1.807, 2.05) is 41.0 Å². The summed E-state index contributed by atoms with van der Waals surface area (Å²) < 4.78 is 4.02. The number of benzene rings is 3. The molecular formula is C30H32N7O2+. The fraction of sp³-hybridized carbons (Fsp3) is 0.267. The Bertz CT molecular complexity index is 1630. The highest BCUT2D eigenvalue weighted by Crippen LogP contribution is 2.29. The Morgan fingerprint density at radius 2 is 1.74 bits per heavy atom. The van der Waals surface area contributed by atoms with Crippen LogP contribution in [0.1, 0.15) is 44.6 Å². The molecular weight excluding hydrogens is 490 g/mol. The van der Waals surface area contributed by atoms with Gasteiger partial charge in [-0.1, -0.05) is 74.0 Å². The van der Waals surface area contributed by atoms with E-state index in [1.165, 1.54) is 0 Å². The van der Waals surface area contributed by atoms with Crippen molar-refractivity contribution in [3.8, 4) is 22.5 Å². The number of aromatic nitrogens is 6. The lowest BCUT2D eigenvalue weighted by Crippen LogP contribution is -2.42. The zero-order valence-corrected chi connectivity index (χ0v) is 22.0. The molecule has 0 radical (unpaired) electrons. The van der Waals surface area contributed by atoms with E-state index in [1.54, 1.807) is 0 Å².